The molecule has 2 N–H and O–H groups in total. The Morgan fingerprint density at radius 2 is 1.92 bits per heavy atom. The minimum absolute atomic E-state index is 0. The molecule has 1 amide bonds. The summed E-state index contributed by atoms with van der Waals surface area (Å²) >= 11 is 0. The molecule has 3 atom stereocenters. The first-order valence-corrected chi connectivity index (χ1v) is 8.99. The SMILES string of the molecule is Cc1c(C(=O)NC2CCC(C)CC2C)nnn1C1CCNCC1.Cl. The molecule has 3 unspecified atom stereocenters. The van der Waals surface area contributed by atoms with Crippen molar-refractivity contribution in [3.05, 3.63) is 11.4 Å². The third-order valence-corrected chi connectivity index (χ3v) is 5.55. The third kappa shape index (κ3) is 4.09. The van der Waals surface area contributed by atoms with E-state index in [1.165, 1.54) is 12.8 Å². The normalized spacial score (nSPS) is 28.2. The zero-order valence-electron chi connectivity index (χ0n) is 14.9. The fraction of sp³-hybridized carbons (Fsp3) is 0.824. The van der Waals surface area contributed by atoms with Crippen LogP contribution in [0.3, 0.4) is 0 Å². The van der Waals surface area contributed by atoms with Crippen molar-refractivity contribution in [2.24, 2.45) is 11.8 Å². The van der Waals surface area contributed by atoms with Crippen LogP contribution < -0.4 is 10.6 Å². The molecule has 3 rings (SSSR count). The summed E-state index contributed by atoms with van der Waals surface area (Å²) in [6.07, 6.45) is 5.53. The van der Waals surface area contributed by atoms with Gasteiger partial charge in [-0.25, -0.2) is 4.68 Å². The van der Waals surface area contributed by atoms with Crippen molar-refractivity contribution in [2.45, 2.75) is 65.0 Å². The number of nitrogens with zero attached hydrogens (tertiary/aromatic N) is 3. The fourth-order valence-electron chi connectivity index (χ4n) is 4.07. The average Bonchev–Trinajstić information content (AvgIpc) is 2.92. The molecule has 2 fully saturated rings. The summed E-state index contributed by atoms with van der Waals surface area (Å²) in [5.41, 5.74) is 1.39. The first-order chi connectivity index (χ1) is 11.1. The molecule has 1 aliphatic carbocycles. The van der Waals surface area contributed by atoms with E-state index in [1.54, 1.807) is 0 Å². The van der Waals surface area contributed by atoms with Crippen molar-refractivity contribution in [2.75, 3.05) is 13.1 Å². The Balaban J connectivity index is 0.00000208. The van der Waals surface area contributed by atoms with Crippen LogP contribution in [0, 0.1) is 18.8 Å². The quantitative estimate of drug-likeness (QED) is 0.873. The van der Waals surface area contributed by atoms with Crippen LogP contribution in [0.1, 0.15) is 68.2 Å². The highest BCUT2D eigenvalue weighted by molar-refractivity contribution is 5.93. The molecule has 0 radical (unpaired) electrons. The van der Waals surface area contributed by atoms with E-state index in [0.29, 0.717) is 17.7 Å². The molecule has 0 bridgehead atoms. The number of carbonyl (C=O) groups is 1. The molecule has 1 aromatic heterocycles. The smallest absolute Gasteiger partial charge is 0.273 e. The zero-order valence-corrected chi connectivity index (χ0v) is 15.7. The molecule has 7 heteroatoms. The van der Waals surface area contributed by atoms with E-state index in [2.05, 4.69) is 34.8 Å². The Labute approximate surface area is 150 Å². The van der Waals surface area contributed by atoms with Gasteiger partial charge in [-0.05, 0) is 64.0 Å². The molecule has 6 nitrogen and oxygen atoms in total. The van der Waals surface area contributed by atoms with Gasteiger partial charge in [-0.1, -0.05) is 19.1 Å². The average molecular weight is 356 g/mol. The van der Waals surface area contributed by atoms with Gasteiger partial charge in [0, 0.05) is 6.04 Å². The molecular weight excluding hydrogens is 326 g/mol. The van der Waals surface area contributed by atoms with E-state index in [9.17, 15) is 4.79 Å². The van der Waals surface area contributed by atoms with Crippen molar-refractivity contribution in [3.8, 4) is 0 Å². The molecule has 136 valence electrons. The second-order valence-corrected chi connectivity index (χ2v) is 7.42. The number of amides is 1. The van der Waals surface area contributed by atoms with Crippen molar-refractivity contribution < 1.29 is 4.79 Å². The van der Waals surface area contributed by atoms with Gasteiger partial charge in [0.15, 0.2) is 5.69 Å². The Hall–Kier alpha value is -1.14. The molecule has 1 aromatic rings. The Kier molecular flexibility index (Phi) is 6.63. The minimum Gasteiger partial charge on any atom is -0.348 e. The van der Waals surface area contributed by atoms with Crippen LogP contribution in [0.25, 0.3) is 0 Å². The number of hydrogen-bond donors (Lipinski definition) is 2. The summed E-state index contributed by atoms with van der Waals surface area (Å²) in [5, 5.41) is 15.0. The summed E-state index contributed by atoms with van der Waals surface area (Å²) in [6.45, 7) is 8.50. The van der Waals surface area contributed by atoms with Crippen LogP contribution in [-0.2, 0) is 0 Å². The van der Waals surface area contributed by atoms with Crippen molar-refractivity contribution in [1.29, 1.82) is 0 Å². The predicted octanol–water partition coefficient (Wildman–Crippen LogP) is 2.49. The molecule has 1 aliphatic heterocycles. The summed E-state index contributed by atoms with van der Waals surface area (Å²) < 4.78 is 1.95. The van der Waals surface area contributed by atoms with E-state index in [4.69, 9.17) is 0 Å². The van der Waals surface area contributed by atoms with E-state index >= 15 is 0 Å². The summed E-state index contributed by atoms with van der Waals surface area (Å²) in [7, 11) is 0. The Morgan fingerprint density at radius 3 is 2.58 bits per heavy atom. The van der Waals surface area contributed by atoms with Gasteiger partial charge in [0.2, 0.25) is 0 Å². The van der Waals surface area contributed by atoms with Crippen molar-refractivity contribution >= 4 is 18.3 Å². The van der Waals surface area contributed by atoms with Gasteiger partial charge in [0.1, 0.15) is 0 Å². The largest absolute Gasteiger partial charge is 0.348 e. The van der Waals surface area contributed by atoms with Gasteiger partial charge in [-0.15, -0.1) is 17.5 Å². The molecule has 2 heterocycles. The maximum absolute atomic E-state index is 12.6. The zero-order chi connectivity index (χ0) is 16.4. The monoisotopic (exact) mass is 355 g/mol. The summed E-state index contributed by atoms with van der Waals surface area (Å²) in [5.74, 6) is 1.23. The number of hydrogen-bond acceptors (Lipinski definition) is 4. The van der Waals surface area contributed by atoms with Gasteiger partial charge in [-0.3, -0.25) is 4.79 Å². The Morgan fingerprint density at radius 1 is 1.21 bits per heavy atom. The van der Waals surface area contributed by atoms with Crippen LogP contribution in [0.2, 0.25) is 0 Å². The van der Waals surface area contributed by atoms with Gasteiger partial charge < -0.3 is 10.6 Å². The van der Waals surface area contributed by atoms with E-state index in [-0.39, 0.29) is 24.4 Å². The molecule has 0 spiro atoms. The third-order valence-electron chi connectivity index (χ3n) is 5.55. The maximum atomic E-state index is 12.6. The highest BCUT2D eigenvalue weighted by Gasteiger charge is 2.29. The topological polar surface area (TPSA) is 71.8 Å². The Bertz CT molecular complexity index is 555. The number of carbonyl (C=O) groups excluding carboxylic acids is 1. The minimum atomic E-state index is -0.0610. The van der Waals surface area contributed by atoms with E-state index in [1.807, 2.05) is 11.6 Å². The van der Waals surface area contributed by atoms with Crippen LogP contribution in [0.15, 0.2) is 0 Å². The van der Waals surface area contributed by atoms with Crippen molar-refractivity contribution in [1.82, 2.24) is 25.6 Å². The van der Waals surface area contributed by atoms with Crippen LogP contribution in [0.4, 0.5) is 0 Å². The predicted molar refractivity (Wildman–Crippen MR) is 96.6 cm³/mol. The van der Waals surface area contributed by atoms with Gasteiger partial charge in [0.05, 0.1) is 11.7 Å². The molecule has 2 aliphatic rings. The number of piperidine rings is 1. The lowest BCUT2D eigenvalue weighted by atomic mass is 9.80. The number of halogens is 1. The summed E-state index contributed by atoms with van der Waals surface area (Å²) in [4.78, 5) is 12.6. The molecule has 24 heavy (non-hydrogen) atoms. The number of nitrogens with one attached hydrogen (secondary N) is 2. The van der Waals surface area contributed by atoms with Gasteiger partial charge in [-0.2, -0.15) is 0 Å². The van der Waals surface area contributed by atoms with Gasteiger partial charge >= 0.3 is 0 Å². The number of rotatable bonds is 3. The fourth-order valence-corrected chi connectivity index (χ4v) is 4.07. The maximum Gasteiger partial charge on any atom is 0.273 e. The second-order valence-electron chi connectivity index (χ2n) is 7.42. The van der Waals surface area contributed by atoms with Crippen LogP contribution in [-0.4, -0.2) is 40.0 Å². The highest BCUT2D eigenvalue weighted by Crippen LogP contribution is 2.29. The first-order valence-electron chi connectivity index (χ1n) is 8.99. The highest BCUT2D eigenvalue weighted by atomic mass is 35.5. The van der Waals surface area contributed by atoms with Gasteiger partial charge in [0.25, 0.3) is 5.91 Å². The number of aromatic nitrogens is 3. The lowest BCUT2D eigenvalue weighted by Crippen LogP contribution is -2.42. The molecule has 1 saturated heterocycles. The van der Waals surface area contributed by atoms with E-state index in [0.717, 1.165) is 44.0 Å². The van der Waals surface area contributed by atoms with Crippen molar-refractivity contribution in [3.63, 3.8) is 0 Å². The van der Waals surface area contributed by atoms with E-state index < -0.39 is 0 Å². The lowest BCUT2D eigenvalue weighted by Gasteiger charge is -2.33. The second kappa shape index (κ2) is 8.30. The molecular formula is C17H30ClN5O. The van der Waals surface area contributed by atoms with Crippen LogP contribution in [0.5, 0.6) is 0 Å². The summed E-state index contributed by atoms with van der Waals surface area (Å²) in [6, 6.07) is 0.627. The first kappa shape index (κ1) is 19.2. The lowest BCUT2D eigenvalue weighted by molar-refractivity contribution is 0.0893. The molecule has 0 aromatic carbocycles. The molecule has 1 saturated carbocycles. The van der Waals surface area contributed by atoms with Crippen LogP contribution >= 0.6 is 12.4 Å². The standard InChI is InChI=1S/C17H29N5O.ClH/c1-11-4-5-15(12(2)10-11)19-17(23)16-13(3)22(21-20-16)14-6-8-18-9-7-14;/h11-12,14-15,18H,4-10H2,1-3H3,(H,19,23);1H.